The molecule has 0 spiro atoms. The van der Waals surface area contributed by atoms with Gasteiger partial charge in [0.1, 0.15) is 0 Å². The molecule has 1 heterocycles. The molecule has 0 saturated carbocycles. The molecule has 1 rings (SSSR count). The van der Waals surface area contributed by atoms with E-state index in [0.717, 1.165) is 30.7 Å². The van der Waals surface area contributed by atoms with Gasteiger partial charge in [-0.15, -0.1) is 0 Å². The van der Waals surface area contributed by atoms with E-state index in [-0.39, 0.29) is 5.03 Å². The van der Waals surface area contributed by atoms with Gasteiger partial charge >= 0.3 is 0 Å². The summed E-state index contributed by atoms with van der Waals surface area (Å²) in [5.41, 5.74) is 0.986. The molecule has 0 aliphatic carbocycles. The lowest BCUT2D eigenvalue weighted by atomic mass is 10.3. The van der Waals surface area contributed by atoms with E-state index in [1.165, 1.54) is 0 Å². The van der Waals surface area contributed by atoms with Crippen molar-refractivity contribution in [1.29, 1.82) is 0 Å². The molecule has 0 aliphatic rings. The van der Waals surface area contributed by atoms with Crippen molar-refractivity contribution in [2.75, 3.05) is 25.1 Å². The molecule has 1 aromatic rings. The van der Waals surface area contributed by atoms with Gasteiger partial charge in [0, 0.05) is 19.3 Å². The molecule has 114 valence electrons. The quantitative estimate of drug-likeness (QED) is 0.642. The topological polar surface area (TPSA) is 71.1 Å². The van der Waals surface area contributed by atoms with Gasteiger partial charge in [-0.25, -0.2) is 18.1 Å². The molecule has 0 radical (unpaired) electrons. The van der Waals surface area contributed by atoms with Crippen LogP contribution in [0.25, 0.3) is 0 Å². The van der Waals surface area contributed by atoms with E-state index in [0.29, 0.717) is 13.1 Å². The highest BCUT2D eigenvalue weighted by molar-refractivity contribution is 7.98. The van der Waals surface area contributed by atoms with Gasteiger partial charge in [0.25, 0.3) is 10.0 Å². The summed E-state index contributed by atoms with van der Waals surface area (Å²) >= 11 is 1.70. The number of aromatic nitrogens is 1. The Labute approximate surface area is 126 Å². The van der Waals surface area contributed by atoms with E-state index in [4.69, 9.17) is 0 Å². The van der Waals surface area contributed by atoms with Gasteiger partial charge in [-0.2, -0.15) is 11.8 Å². The summed E-state index contributed by atoms with van der Waals surface area (Å²) in [6.45, 7) is 4.20. The first-order valence-electron chi connectivity index (χ1n) is 6.74. The fourth-order valence-electron chi connectivity index (χ4n) is 1.58. The fourth-order valence-corrected chi connectivity index (χ4v) is 3.01. The number of rotatable bonds is 10. The predicted molar refractivity (Wildman–Crippen MR) is 84.4 cm³/mol. The second kappa shape index (κ2) is 9.33. The average molecular weight is 317 g/mol. The second-order valence-corrected chi connectivity index (χ2v) is 7.13. The molecule has 2 N–H and O–H groups in total. The minimum atomic E-state index is -3.47. The van der Waals surface area contributed by atoms with E-state index in [2.05, 4.69) is 21.9 Å². The van der Waals surface area contributed by atoms with Crippen LogP contribution in [0.2, 0.25) is 0 Å². The van der Waals surface area contributed by atoms with Crippen LogP contribution in [0.3, 0.4) is 0 Å². The SMILES string of the molecule is CCCNCc1ccc(S(=O)(=O)NCCCSC)nc1. The summed E-state index contributed by atoms with van der Waals surface area (Å²) in [4.78, 5) is 4.03. The lowest BCUT2D eigenvalue weighted by Gasteiger charge is -2.07. The van der Waals surface area contributed by atoms with E-state index in [1.54, 1.807) is 30.1 Å². The van der Waals surface area contributed by atoms with Gasteiger partial charge in [0.15, 0.2) is 5.03 Å². The van der Waals surface area contributed by atoms with Gasteiger partial charge in [0.05, 0.1) is 0 Å². The Hall–Kier alpha value is -0.630. The number of nitrogens with zero attached hydrogens (tertiary/aromatic N) is 1. The molecule has 0 bridgehead atoms. The molecule has 20 heavy (non-hydrogen) atoms. The van der Waals surface area contributed by atoms with Crippen LogP contribution in [0.5, 0.6) is 0 Å². The maximum absolute atomic E-state index is 12.0. The lowest BCUT2D eigenvalue weighted by molar-refractivity contribution is 0.577. The number of pyridine rings is 1. The number of sulfonamides is 1. The van der Waals surface area contributed by atoms with Crippen molar-refractivity contribution in [3.8, 4) is 0 Å². The molecular weight excluding hydrogens is 294 g/mol. The number of thioether (sulfide) groups is 1. The normalized spacial score (nSPS) is 11.7. The van der Waals surface area contributed by atoms with Gasteiger partial charge in [-0.3, -0.25) is 0 Å². The molecular formula is C13H23N3O2S2. The van der Waals surface area contributed by atoms with Gasteiger partial charge in [-0.1, -0.05) is 13.0 Å². The van der Waals surface area contributed by atoms with Crippen LogP contribution < -0.4 is 10.0 Å². The molecule has 0 amide bonds. The van der Waals surface area contributed by atoms with E-state index < -0.39 is 10.0 Å². The molecule has 5 nitrogen and oxygen atoms in total. The average Bonchev–Trinajstić information content (AvgIpc) is 2.45. The number of hydrogen-bond donors (Lipinski definition) is 2. The van der Waals surface area contributed by atoms with E-state index in [1.807, 2.05) is 6.26 Å². The number of hydrogen-bond acceptors (Lipinski definition) is 5. The third-order valence-corrected chi connectivity index (χ3v) is 4.72. The monoisotopic (exact) mass is 317 g/mol. The summed E-state index contributed by atoms with van der Waals surface area (Å²) in [5, 5.41) is 3.33. The van der Waals surface area contributed by atoms with Gasteiger partial charge < -0.3 is 5.32 Å². The van der Waals surface area contributed by atoms with Crippen molar-refractivity contribution in [1.82, 2.24) is 15.0 Å². The van der Waals surface area contributed by atoms with Crippen LogP contribution in [0.15, 0.2) is 23.4 Å². The van der Waals surface area contributed by atoms with Crippen LogP contribution in [0, 0.1) is 0 Å². The van der Waals surface area contributed by atoms with Crippen LogP contribution in [0.4, 0.5) is 0 Å². The van der Waals surface area contributed by atoms with Crippen molar-refractivity contribution < 1.29 is 8.42 Å². The molecule has 0 fully saturated rings. The first-order chi connectivity index (χ1) is 9.60. The Morgan fingerprint density at radius 3 is 2.70 bits per heavy atom. The smallest absolute Gasteiger partial charge is 0.258 e. The van der Waals surface area contributed by atoms with Crippen molar-refractivity contribution >= 4 is 21.8 Å². The predicted octanol–water partition coefficient (Wildman–Crippen LogP) is 1.61. The Bertz CT molecular complexity index is 475. The second-order valence-electron chi connectivity index (χ2n) is 4.43. The highest BCUT2D eigenvalue weighted by Crippen LogP contribution is 2.07. The Morgan fingerprint density at radius 1 is 1.30 bits per heavy atom. The zero-order valence-electron chi connectivity index (χ0n) is 12.1. The van der Waals surface area contributed by atoms with Crippen molar-refractivity contribution in [3.63, 3.8) is 0 Å². The van der Waals surface area contributed by atoms with Crippen molar-refractivity contribution in [2.45, 2.75) is 31.3 Å². The molecule has 0 saturated heterocycles. The Morgan fingerprint density at radius 2 is 2.10 bits per heavy atom. The molecule has 0 unspecified atom stereocenters. The summed E-state index contributed by atoms with van der Waals surface area (Å²) in [7, 11) is -3.47. The Kier molecular flexibility index (Phi) is 8.13. The maximum atomic E-state index is 12.0. The molecule has 1 aromatic heterocycles. The van der Waals surface area contributed by atoms with E-state index >= 15 is 0 Å². The Balaban J connectivity index is 2.53. The molecule has 0 aromatic carbocycles. The molecule has 0 atom stereocenters. The van der Waals surface area contributed by atoms with Gasteiger partial charge in [-0.05, 0) is 43.0 Å². The summed E-state index contributed by atoms with van der Waals surface area (Å²) in [5.74, 6) is 0.942. The third-order valence-electron chi connectivity index (χ3n) is 2.65. The van der Waals surface area contributed by atoms with Crippen LogP contribution in [0.1, 0.15) is 25.3 Å². The standard InChI is InChI=1S/C13H23N3O2S2/c1-3-7-14-10-12-5-6-13(15-11-12)20(17,18)16-8-4-9-19-2/h5-6,11,14,16H,3-4,7-10H2,1-2H3. The first-order valence-corrected chi connectivity index (χ1v) is 9.62. The van der Waals surface area contributed by atoms with Crippen LogP contribution in [-0.2, 0) is 16.6 Å². The molecule has 0 aliphatic heterocycles. The molecule has 7 heteroatoms. The lowest BCUT2D eigenvalue weighted by Crippen LogP contribution is -2.26. The summed E-state index contributed by atoms with van der Waals surface area (Å²) in [6.07, 6.45) is 5.50. The fraction of sp³-hybridized carbons (Fsp3) is 0.615. The van der Waals surface area contributed by atoms with Crippen LogP contribution >= 0.6 is 11.8 Å². The van der Waals surface area contributed by atoms with Crippen LogP contribution in [-0.4, -0.2) is 38.5 Å². The minimum absolute atomic E-state index is 0.0842. The van der Waals surface area contributed by atoms with Gasteiger partial charge in [0.2, 0.25) is 0 Å². The van der Waals surface area contributed by atoms with Crippen molar-refractivity contribution in [3.05, 3.63) is 23.9 Å². The summed E-state index contributed by atoms with van der Waals surface area (Å²) < 4.78 is 26.5. The largest absolute Gasteiger partial charge is 0.313 e. The highest BCUT2D eigenvalue weighted by atomic mass is 32.2. The third kappa shape index (κ3) is 6.21. The zero-order valence-corrected chi connectivity index (χ0v) is 13.7. The van der Waals surface area contributed by atoms with Crippen molar-refractivity contribution in [2.24, 2.45) is 0 Å². The first kappa shape index (κ1) is 17.4. The van der Waals surface area contributed by atoms with E-state index in [9.17, 15) is 8.42 Å². The highest BCUT2D eigenvalue weighted by Gasteiger charge is 2.14. The number of nitrogens with one attached hydrogen (secondary N) is 2. The summed E-state index contributed by atoms with van der Waals surface area (Å²) in [6, 6.07) is 3.35. The maximum Gasteiger partial charge on any atom is 0.258 e. The zero-order chi connectivity index (χ0) is 14.8. The minimum Gasteiger partial charge on any atom is -0.313 e.